The molecule has 1 saturated heterocycles. The first kappa shape index (κ1) is 22.2. The number of imidazole rings is 1. The molecule has 3 aromatic rings. The van der Waals surface area contributed by atoms with Crippen LogP contribution >= 0.6 is 0 Å². The van der Waals surface area contributed by atoms with Crippen molar-refractivity contribution in [3.63, 3.8) is 0 Å². The van der Waals surface area contributed by atoms with Gasteiger partial charge in [0, 0.05) is 31.7 Å². The van der Waals surface area contributed by atoms with Crippen molar-refractivity contribution < 1.29 is 14.7 Å². The Bertz CT molecular complexity index is 1150. The van der Waals surface area contributed by atoms with E-state index in [1.54, 1.807) is 12.3 Å². The molecule has 1 aliphatic rings. The van der Waals surface area contributed by atoms with E-state index in [0.717, 1.165) is 38.0 Å². The first-order valence-corrected chi connectivity index (χ1v) is 10.7. The van der Waals surface area contributed by atoms with Crippen molar-refractivity contribution in [3.05, 3.63) is 71.3 Å². The number of anilines is 1. The lowest BCUT2D eigenvalue weighted by Gasteiger charge is -2.31. The van der Waals surface area contributed by atoms with Gasteiger partial charge in [-0.25, -0.2) is 19.4 Å². The summed E-state index contributed by atoms with van der Waals surface area (Å²) in [6, 6.07) is 8.80. The highest BCUT2D eigenvalue weighted by Crippen LogP contribution is 2.19. The Kier molecular flexibility index (Phi) is 6.79. The molecule has 11 nitrogen and oxygen atoms in total. The van der Waals surface area contributed by atoms with E-state index in [1.807, 2.05) is 24.3 Å². The number of nitrogens with one attached hydrogen (secondary N) is 2. The van der Waals surface area contributed by atoms with Crippen LogP contribution in [0, 0.1) is 5.92 Å². The molecule has 172 valence electrons. The summed E-state index contributed by atoms with van der Waals surface area (Å²) >= 11 is 0. The summed E-state index contributed by atoms with van der Waals surface area (Å²) in [5.74, 6) is 0.542. The molecule has 2 aromatic heterocycles. The summed E-state index contributed by atoms with van der Waals surface area (Å²) in [5.41, 5.74) is 1.32. The smallest absolute Gasteiger partial charge is 0.404 e. The summed E-state index contributed by atoms with van der Waals surface area (Å²) in [7, 11) is 0. The van der Waals surface area contributed by atoms with Crippen molar-refractivity contribution >= 4 is 17.9 Å². The highest BCUT2D eigenvalue weighted by Gasteiger charge is 2.19. The Morgan fingerprint density at radius 2 is 1.85 bits per heavy atom. The Balaban J connectivity index is 1.33. The average molecular weight is 451 g/mol. The van der Waals surface area contributed by atoms with E-state index in [9.17, 15) is 14.4 Å². The number of carboxylic acid groups (broad SMARTS) is 1. The van der Waals surface area contributed by atoms with Gasteiger partial charge in [-0.15, -0.1) is 0 Å². The number of hydrogen-bond donors (Lipinski definition) is 3. The van der Waals surface area contributed by atoms with Gasteiger partial charge < -0.3 is 10.4 Å². The van der Waals surface area contributed by atoms with Crippen LogP contribution in [0.5, 0.6) is 0 Å². The van der Waals surface area contributed by atoms with E-state index in [-0.39, 0.29) is 5.82 Å². The van der Waals surface area contributed by atoms with Crippen LogP contribution in [0.2, 0.25) is 0 Å². The molecule has 0 radical (unpaired) electrons. The quantitative estimate of drug-likeness (QED) is 0.522. The van der Waals surface area contributed by atoms with Gasteiger partial charge in [-0.05, 0) is 55.6 Å². The second-order valence-electron chi connectivity index (χ2n) is 7.94. The number of carbonyl (C=O) groups excluding carboxylic acids is 1. The number of benzene rings is 1. The summed E-state index contributed by atoms with van der Waals surface area (Å²) in [6.45, 7) is 3.14. The molecule has 3 heterocycles. The molecule has 1 aliphatic heterocycles. The van der Waals surface area contributed by atoms with E-state index < -0.39 is 17.8 Å². The molecule has 0 saturated carbocycles. The zero-order valence-corrected chi connectivity index (χ0v) is 17.9. The number of aromatic nitrogens is 4. The van der Waals surface area contributed by atoms with Gasteiger partial charge in [-0.2, -0.15) is 4.98 Å². The molecule has 11 heteroatoms. The second kappa shape index (κ2) is 10.1. The number of nitrogens with zero attached hydrogens (tertiary/aromatic N) is 5. The standard InChI is InChI=1S/C22H25N7O4/c30-20(28-12-8-23-15-28)25-19-7-11-29(21(31)26-19)18-3-1-17(2-4-18)14-27-9-5-16(6-10-27)13-24-22(32)33/h1-4,7-8,11-12,15-16,24H,5-6,9-10,13-14H2,(H,32,33)(H,25,26,30,31). The van der Waals surface area contributed by atoms with Gasteiger partial charge in [-0.1, -0.05) is 12.1 Å². The Hall–Kier alpha value is -3.99. The molecule has 1 aromatic carbocycles. The second-order valence-corrected chi connectivity index (χ2v) is 7.94. The minimum absolute atomic E-state index is 0.161. The van der Waals surface area contributed by atoms with Crippen LogP contribution in [-0.4, -0.2) is 60.9 Å². The average Bonchev–Trinajstić information content (AvgIpc) is 3.35. The highest BCUT2D eigenvalue weighted by atomic mass is 16.4. The minimum Gasteiger partial charge on any atom is -0.465 e. The SMILES string of the molecule is O=C(O)NCC1CCN(Cc2ccc(-n3ccc(NC(=O)n4ccnc4)nc3=O)cc2)CC1. The molecule has 0 atom stereocenters. The van der Waals surface area contributed by atoms with Gasteiger partial charge in [0.05, 0.1) is 5.69 Å². The van der Waals surface area contributed by atoms with Crippen LogP contribution in [0.1, 0.15) is 18.4 Å². The first-order valence-electron chi connectivity index (χ1n) is 10.7. The zero-order valence-electron chi connectivity index (χ0n) is 17.9. The van der Waals surface area contributed by atoms with Gasteiger partial charge in [0.2, 0.25) is 0 Å². The predicted octanol–water partition coefficient (Wildman–Crippen LogP) is 1.99. The maximum absolute atomic E-state index is 12.5. The third-order valence-corrected chi connectivity index (χ3v) is 5.65. The van der Waals surface area contributed by atoms with Gasteiger partial charge in [-0.3, -0.25) is 19.4 Å². The Morgan fingerprint density at radius 1 is 1.09 bits per heavy atom. The largest absolute Gasteiger partial charge is 0.465 e. The number of rotatable bonds is 6. The van der Waals surface area contributed by atoms with Crippen molar-refractivity contribution in [2.24, 2.45) is 5.92 Å². The van der Waals surface area contributed by atoms with E-state index in [0.29, 0.717) is 18.2 Å². The van der Waals surface area contributed by atoms with Crippen molar-refractivity contribution in [2.75, 3.05) is 25.0 Å². The van der Waals surface area contributed by atoms with E-state index in [2.05, 4.69) is 25.5 Å². The minimum atomic E-state index is -0.972. The van der Waals surface area contributed by atoms with Crippen molar-refractivity contribution in [1.82, 2.24) is 29.3 Å². The molecule has 4 rings (SSSR count). The monoisotopic (exact) mass is 451 g/mol. The van der Waals surface area contributed by atoms with Crippen LogP contribution in [0.3, 0.4) is 0 Å². The number of piperidine rings is 1. The van der Waals surface area contributed by atoms with Crippen LogP contribution in [-0.2, 0) is 6.54 Å². The van der Waals surface area contributed by atoms with Gasteiger partial charge in [0.15, 0.2) is 0 Å². The summed E-state index contributed by atoms with van der Waals surface area (Å²) in [6.07, 6.45) is 6.86. The summed E-state index contributed by atoms with van der Waals surface area (Å²) in [4.78, 5) is 45.2. The molecular formula is C22H25N7O4. The Morgan fingerprint density at radius 3 is 2.48 bits per heavy atom. The normalized spacial score (nSPS) is 14.7. The van der Waals surface area contributed by atoms with Crippen LogP contribution in [0.15, 0.2) is 60.0 Å². The molecule has 33 heavy (non-hydrogen) atoms. The van der Waals surface area contributed by atoms with Crippen LogP contribution in [0.4, 0.5) is 15.4 Å². The third kappa shape index (κ3) is 5.83. The summed E-state index contributed by atoms with van der Waals surface area (Å²) in [5, 5.41) is 13.8. The lowest BCUT2D eigenvalue weighted by molar-refractivity contribution is 0.166. The molecule has 0 unspecified atom stereocenters. The van der Waals surface area contributed by atoms with E-state index in [4.69, 9.17) is 5.11 Å². The lowest BCUT2D eigenvalue weighted by atomic mass is 9.96. The fraction of sp³-hybridized carbons (Fsp3) is 0.318. The van der Waals surface area contributed by atoms with Gasteiger partial charge in [0.1, 0.15) is 12.1 Å². The van der Waals surface area contributed by atoms with Gasteiger partial charge in [0.25, 0.3) is 0 Å². The summed E-state index contributed by atoms with van der Waals surface area (Å²) < 4.78 is 2.67. The molecular weight excluding hydrogens is 426 g/mol. The fourth-order valence-electron chi connectivity index (χ4n) is 3.82. The van der Waals surface area contributed by atoms with E-state index in [1.165, 1.54) is 27.9 Å². The van der Waals surface area contributed by atoms with Crippen molar-refractivity contribution in [2.45, 2.75) is 19.4 Å². The molecule has 0 spiro atoms. The number of likely N-dealkylation sites (tertiary alicyclic amines) is 1. The molecule has 0 aliphatic carbocycles. The van der Waals surface area contributed by atoms with Crippen molar-refractivity contribution in [1.29, 1.82) is 0 Å². The molecule has 0 bridgehead atoms. The lowest BCUT2D eigenvalue weighted by Crippen LogP contribution is -2.38. The van der Waals surface area contributed by atoms with Crippen molar-refractivity contribution in [3.8, 4) is 5.69 Å². The number of carbonyl (C=O) groups is 2. The molecule has 1 fully saturated rings. The number of hydrogen-bond acceptors (Lipinski definition) is 6. The van der Waals surface area contributed by atoms with Gasteiger partial charge >= 0.3 is 17.8 Å². The van der Waals surface area contributed by atoms with E-state index >= 15 is 0 Å². The third-order valence-electron chi connectivity index (χ3n) is 5.65. The van der Waals surface area contributed by atoms with Crippen LogP contribution in [0.25, 0.3) is 5.69 Å². The molecule has 2 amide bonds. The predicted molar refractivity (Wildman–Crippen MR) is 121 cm³/mol. The Labute approximate surface area is 189 Å². The fourth-order valence-corrected chi connectivity index (χ4v) is 3.82. The molecule has 3 N–H and O–H groups in total. The topological polar surface area (TPSA) is 134 Å². The first-order chi connectivity index (χ1) is 16.0. The van der Waals surface area contributed by atoms with Crippen LogP contribution < -0.4 is 16.3 Å². The maximum atomic E-state index is 12.5. The maximum Gasteiger partial charge on any atom is 0.404 e. The zero-order chi connectivity index (χ0) is 23.2. The number of amides is 2. The highest BCUT2D eigenvalue weighted by molar-refractivity contribution is 5.89.